The molecule has 0 saturated heterocycles. The van der Waals surface area contributed by atoms with Crippen LogP contribution in [0.1, 0.15) is 44.8 Å². The molecule has 0 radical (unpaired) electrons. The Kier molecular flexibility index (Phi) is 8.83. The van der Waals surface area contributed by atoms with Crippen LogP contribution in [0, 0.1) is 5.82 Å². The molecular formula is C25H30FN3O6S. The van der Waals surface area contributed by atoms with Crippen LogP contribution >= 0.6 is 0 Å². The van der Waals surface area contributed by atoms with Crippen molar-refractivity contribution in [3.63, 3.8) is 0 Å². The Bertz CT molecular complexity index is 1280. The van der Waals surface area contributed by atoms with Crippen LogP contribution in [-0.4, -0.2) is 51.5 Å². The number of sulfonamides is 1. The number of anilines is 1. The summed E-state index contributed by atoms with van der Waals surface area (Å²) in [6.45, 7) is 3.60. The minimum absolute atomic E-state index is 0.120. The molecule has 0 aliphatic carbocycles. The van der Waals surface area contributed by atoms with Gasteiger partial charge in [-0.1, -0.05) is 18.2 Å². The molecule has 3 aromatic rings. The number of aliphatic hydroxyl groups is 2. The van der Waals surface area contributed by atoms with Crippen LogP contribution in [0.5, 0.6) is 0 Å². The van der Waals surface area contributed by atoms with E-state index in [1.54, 1.807) is 48.7 Å². The van der Waals surface area contributed by atoms with Crippen LogP contribution in [0.2, 0.25) is 0 Å². The van der Waals surface area contributed by atoms with E-state index in [9.17, 15) is 27.8 Å². The Labute approximate surface area is 209 Å². The van der Waals surface area contributed by atoms with Crippen LogP contribution in [0.15, 0.2) is 59.8 Å². The molecule has 1 heterocycles. The van der Waals surface area contributed by atoms with Crippen molar-refractivity contribution in [1.82, 2.24) is 9.55 Å². The van der Waals surface area contributed by atoms with Gasteiger partial charge in [-0.3, -0.25) is 9.52 Å². The van der Waals surface area contributed by atoms with Gasteiger partial charge in [0.15, 0.2) is 0 Å². The number of hydrogen-bond donors (Lipinski definition) is 4. The van der Waals surface area contributed by atoms with Crippen LogP contribution in [-0.2, 0) is 21.2 Å². The SMILES string of the molecule is CC(C)n1c(S(=O)(=O)Nc2ccccc2)nc(-c2ccc(F)cc2)c1CCC(O)CC(O)CC(=O)O. The van der Waals surface area contributed by atoms with Gasteiger partial charge in [0.25, 0.3) is 10.0 Å². The van der Waals surface area contributed by atoms with Gasteiger partial charge in [-0.25, -0.2) is 9.37 Å². The number of carboxylic acids is 1. The molecule has 9 nitrogen and oxygen atoms in total. The van der Waals surface area contributed by atoms with E-state index in [1.165, 1.54) is 24.3 Å². The summed E-state index contributed by atoms with van der Waals surface area (Å²) in [4.78, 5) is 15.3. The number of aliphatic carboxylic acids is 1. The predicted molar refractivity (Wildman–Crippen MR) is 132 cm³/mol. The second-order valence-electron chi connectivity index (χ2n) is 8.81. The van der Waals surface area contributed by atoms with Gasteiger partial charge in [0.1, 0.15) is 5.82 Å². The maximum atomic E-state index is 13.6. The quantitative estimate of drug-likeness (QED) is 0.286. The summed E-state index contributed by atoms with van der Waals surface area (Å²) in [5.41, 5.74) is 1.71. The molecule has 0 fully saturated rings. The lowest BCUT2D eigenvalue weighted by Gasteiger charge is -2.19. The van der Waals surface area contributed by atoms with Crippen LogP contribution in [0.25, 0.3) is 11.3 Å². The second kappa shape index (κ2) is 11.6. The highest BCUT2D eigenvalue weighted by atomic mass is 32.2. The first-order chi connectivity index (χ1) is 17.0. The summed E-state index contributed by atoms with van der Waals surface area (Å²) in [6.07, 6.45) is -2.58. The molecule has 11 heteroatoms. The maximum absolute atomic E-state index is 13.6. The minimum Gasteiger partial charge on any atom is -0.481 e. The Morgan fingerprint density at radius 3 is 2.28 bits per heavy atom. The highest BCUT2D eigenvalue weighted by Crippen LogP contribution is 2.31. The Morgan fingerprint density at radius 1 is 1.06 bits per heavy atom. The molecule has 2 aromatic carbocycles. The number of nitrogens with one attached hydrogen (secondary N) is 1. The lowest BCUT2D eigenvalue weighted by Crippen LogP contribution is -2.22. The standard InChI is InChI=1S/C25H30FN3O6S/c1-16(2)29-22(13-12-20(30)14-21(31)15-23(32)33)24(17-8-10-18(26)11-9-17)27-25(29)36(34,35)28-19-6-4-3-5-7-19/h3-11,16,20-21,28,30-31H,12-15H2,1-2H3,(H,32,33). The summed E-state index contributed by atoms with van der Waals surface area (Å²) in [5, 5.41) is 28.9. The first kappa shape index (κ1) is 27.3. The number of carbonyl (C=O) groups is 1. The number of aromatic nitrogens is 2. The van der Waals surface area contributed by atoms with Crippen LogP contribution in [0.3, 0.4) is 0 Å². The van der Waals surface area contributed by atoms with Crippen molar-refractivity contribution in [1.29, 1.82) is 0 Å². The highest BCUT2D eigenvalue weighted by Gasteiger charge is 2.29. The fourth-order valence-corrected chi connectivity index (χ4v) is 5.30. The molecule has 36 heavy (non-hydrogen) atoms. The molecule has 1 aromatic heterocycles. The van der Waals surface area contributed by atoms with Crippen molar-refractivity contribution in [2.24, 2.45) is 0 Å². The number of rotatable bonds is 12. The van der Waals surface area contributed by atoms with Crippen molar-refractivity contribution >= 4 is 21.7 Å². The molecular weight excluding hydrogens is 489 g/mol. The van der Waals surface area contributed by atoms with Gasteiger partial charge in [-0.2, -0.15) is 8.42 Å². The lowest BCUT2D eigenvalue weighted by atomic mass is 10.0. The molecule has 0 aliphatic rings. The van der Waals surface area contributed by atoms with Gasteiger partial charge in [-0.05, 0) is 69.5 Å². The summed E-state index contributed by atoms with van der Waals surface area (Å²) in [5.74, 6) is -1.63. The maximum Gasteiger partial charge on any atom is 0.305 e. The fraction of sp³-hybridized carbons (Fsp3) is 0.360. The van der Waals surface area contributed by atoms with E-state index in [0.29, 0.717) is 22.6 Å². The van der Waals surface area contributed by atoms with E-state index in [-0.39, 0.29) is 30.5 Å². The molecule has 0 aliphatic heterocycles. The summed E-state index contributed by atoms with van der Waals surface area (Å²) in [6, 6.07) is 13.5. The first-order valence-corrected chi connectivity index (χ1v) is 13.0. The molecule has 2 atom stereocenters. The number of para-hydroxylation sites is 1. The summed E-state index contributed by atoms with van der Waals surface area (Å²) in [7, 11) is -4.12. The fourth-order valence-electron chi connectivity index (χ4n) is 3.97. The van der Waals surface area contributed by atoms with E-state index < -0.39 is 40.4 Å². The monoisotopic (exact) mass is 519 g/mol. The number of carboxylic acid groups (broad SMARTS) is 1. The minimum atomic E-state index is -4.12. The zero-order valence-electron chi connectivity index (χ0n) is 20.0. The highest BCUT2D eigenvalue weighted by molar-refractivity contribution is 7.92. The number of nitrogens with zero attached hydrogens (tertiary/aromatic N) is 2. The third kappa shape index (κ3) is 6.90. The van der Waals surface area contributed by atoms with Crippen LogP contribution < -0.4 is 4.72 Å². The Hall–Kier alpha value is -3.28. The van der Waals surface area contributed by atoms with Crippen molar-refractivity contribution in [2.75, 3.05) is 4.72 Å². The average molecular weight is 520 g/mol. The van der Waals surface area contributed by atoms with Gasteiger partial charge in [0.2, 0.25) is 5.16 Å². The molecule has 4 N–H and O–H groups in total. The van der Waals surface area contributed by atoms with E-state index >= 15 is 0 Å². The number of imidazole rings is 1. The van der Waals surface area contributed by atoms with E-state index in [4.69, 9.17) is 5.11 Å². The molecule has 0 saturated carbocycles. The van der Waals surface area contributed by atoms with Crippen LogP contribution in [0.4, 0.5) is 10.1 Å². The molecule has 2 unspecified atom stereocenters. The first-order valence-electron chi connectivity index (χ1n) is 11.5. The third-order valence-electron chi connectivity index (χ3n) is 5.55. The van der Waals surface area contributed by atoms with Gasteiger partial charge in [0.05, 0.1) is 24.3 Å². The predicted octanol–water partition coefficient (Wildman–Crippen LogP) is 3.59. The molecule has 3 rings (SSSR count). The van der Waals surface area contributed by atoms with E-state index in [1.807, 2.05) is 0 Å². The summed E-state index contributed by atoms with van der Waals surface area (Å²) >= 11 is 0. The molecule has 194 valence electrons. The Morgan fingerprint density at radius 2 is 1.69 bits per heavy atom. The van der Waals surface area contributed by atoms with Crippen molar-refractivity contribution in [3.8, 4) is 11.3 Å². The number of hydrogen-bond acceptors (Lipinski definition) is 6. The van der Waals surface area contributed by atoms with Crippen molar-refractivity contribution < 1.29 is 32.9 Å². The zero-order chi connectivity index (χ0) is 26.5. The van der Waals surface area contributed by atoms with Gasteiger partial charge < -0.3 is 19.9 Å². The lowest BCUT2D eigenvalue weighted by molar-refractivity contribution is -0.139. The topological polar surface area (TPSA) is 142 Å². The molecule has 0 spiro atoms. The van der Waals surface area contributed by atoms with Crippen molar-refractivity contribution in [3.05, 3.63) is 66.1 Å². The summed E-state index contributed by atoms with van der Waals surface area (Å²) < 4.78 is 44.4. The normalized spacial score (nSPS) is 13.5. The number of aliphatic hydroxyl groups excluding tert-OH is 2. The second-order valence-corrected chi connectivity index (χ2v) is 10.4. The number of benzene rings is 2. The number of halogens is 1. The van der Waals surface area contributed by atoms with Gasteiger partial charge in [0, 0.05) is 23.0 Å². The molecule has 0 bridgehead atoms. The Balaban J connectivity index is 2.02. The van der Waals surface area contributed by atoms with E-state index in [2.05, 4.69) is 9.71 Å². The zero-order valence-corrected chi connectivity index (χ0v) is 20.8. The molecule has 0 amide bonds. The third-order valence-corrected chi connectivity index (χ3v) is 6.82. The average Bonchev–Trinajstić information content (AvgIpc) is 3.19. The van der Waals surface area contributed by atoms with Crippen molar-refractivity contribution in [2.45, 2.75) is 62.9 Å². The van der Waals surface area contributed by atoms with Gasteiger partial charge in [-0.15, -0.1) is 0 Å². The van der Waals surface area contributed by atoms with E-state index in [0.717, 1.165) is 0 Å². The smallest absolute Gasteiger partial charge is 0.305 e. The largest absolute Gasteiger partial charge is 0.481 e. The van der Waals surface area contributed by atoms with Gasteiger partial charge >= 0.3 is 5.97 Å².